The first kappa shape index (κ1) is 15.1. The molecule has 1 heterocycles. The van der Waals surface area contributed by atoms with E-state index in [1.807, 2.05) is 31.2 Å². The molecule has 3 aromatic rings. The number of nitrogens with one attached hydrogen (secondary N) is 1. The van der Waals surface area contributed by atoms with E-state index in [-0.39, 0.29) is 12.5 Å². The zero-order chi connectivity index (χ0) is 16.2. The van der Waals surface area contributed by atoms with E-state index in [1.54, 1.807) is 18.2 Å². The van der Waals surface area contributed by atoms with Crippen molar-refractivity contribution >= 4 is 17.0 Å². The van der Waals surface area contributed by atoms with E-state index in [4.69, 9.17) is 4.42 Å². The van der Waals surface area contributed by atoms with Gasteiger partial charge in [-0.25, -0.2) is 4.79 Å². The van der Waals surface area contributed by atoms with Crippen molar-refractivity contribution in [2.24, 2.45) is 0 Å². The normalized spacial score (nSPS) is 10.8. The van der Waals surface area contributed by atoms with E-state index >= 15 is 0 Å². The number of nitrogens with zero attached hydrogens (tertiary/aromatic N) is 1. The number of rotatable bonds is 5. The summed E-state index contributed by atoms with van der Waals surface area (Å²) in [5, 5.41) is 2.85. The maximum absolute atomic E-state index is 12.1. The highest BCUT2D eigenvalue weighted by molar-refractivity contribution is 5.79. The van der Waals surface area contributed by atoms with Gasteiger partial charge in [0.15, 0.2) is 5.58 Å². The third-order valence-electron chi connectivity index (χ3n) is 3.85. The van der Waals surface area contributed by atoms with E-state index < -0.39 is 5.76 Å². The molecule has 118 valence electrons. The topological polar surface area (TPSA) is 64.2 Å². The molecule has 0 spiro atoms. The Morgan fingerprint density at radius 3 is 2.70 bits per heavy atom. The number of hydrogen-bond acceptors (Lipinski definition) is 3. The molecule has 0 atom stereocenters. The highest BCUT2D eigenvalue weighted by Crippen LogP contribution is 2.11. The Hall–Kier alpha value is -2.82. The second-order valence-electron chi connectivity index (χ2n) is 5.45. The van der Waals surface area contributed by atoms with E-state index in [9.17, 15) is 9.59 Å². The lowest BCUT2D eigenvalue weighted by atomic mass is 10.1. The number of fused-ring (bicyclic) bond motifs is 1. The van der Waals surface area contributed by atoms with Crippen LogP contribution in [0.1, 0.15) is 11.1 Å². The number of aromatic nitrogens is 1. The molecule has 5 nitrogen and oxygen atoms in total. The summed E-state index contributed by atoms with van der Waals surface area (Å²) >= 11 is 0. The first-order valence-corrected chi connectivity index (χ1v) is 7.55. The van der Waals surface area contributed by atoms with Crippen molar-refractivity contribution in [2.45, 2.75) is 19.9 Å². The summed E-state index contributed by atoms with van der Waals surface area (Å²) in [5.74, 6) is -0.715. The Bertz CT molecular complexity index is 892. The lowest BCUT2D eigenvalue weighted by Crippen LogP contribution is -2.32. The fourth-order valence-corrected chi connectivity index (χ4v) is 2.59. The molecule has 0 aliphatic heterocycles. The molecule has 0 bridgehead atoms. The minimum absolute atomic E-state index is 0.0381. The van der Waals surface area contributed by atoms with Gasteiger partial charge in [0.25, 0.3) is 0 Å². The Balaban J connectivity index is 1.62. The predicted molar refractivity (Wildman–Crippen MR) is 88.4 cm³/mol. The lowest BCUT2D eigenvalue weighted by Gasteiger charge is -2.07. The van der Waals surface area contributed by atoms with Gasteiger partial charge in [-0.3, -0.25) is 9.36 Å². The zero-order valence-corrected chi connectivity index (χ0v) is 12.9. The van der Waals surface area contributed by atoms with Crippen LogP contribution in [-0.4, -0.2) is 17.0 Å². The van der Waals surface area contributed by atoms with Crippen molar-refractivity contribution in [3.8, 4) is 0 Å². The molecule has 0 aliphatic rings. The van der Waals surface area contributed by atoms with Gasteiger partial charge < -0.3 is 9.73 Å². The van der Waals surface area contributed by atoms with Gasteiger partial charge in [-0.1, -0.05) is 36.4 Å². The largest absolute Gasteiger partial charge is 0.420 e. The minimum Gasteiger partial charge on any atom is -0.408 e. The average molecular weight is 310 g/mol. The fourth-order valence-electron chi connectivity index (χ4n) is 2.59. The van der Waals surface area contributed by atoms with Crippen molar-refractivity contribution in [1.29, 1.82) is 0 Å². The minimum atomic E-state index is -0.514. The Labute approximate surface area is 133 Å². The molecule has 0 saturated carbocycles. The number of benzene rings is 2. The zero-order valence-electron chi connectivity index (χ0n) is 12.9. The Kier molecular flexibility index (Phi) is 4.28. The summed E-state index contributed by atoms with van der Waals surface area (Å²) in [6, 6.07) is 15.2. The van der Waals surface area contributed by atoms with Crippen molar-refractivity contribution < 1.29 is 9.21 Å². The van der Waals surface area contributed by atoms with Crippen LogP contribution in [-0.2, 0) is 17.8 Å². The first-order chi connectivity index (χ1) is 11.1. The van der Waals surface area contributed by atoms with Crippen LogP contribution in [0.25, 0.3) is 11.1 Å². The van der Waals surface area contributed by atoms with Gasteiger partial charge in [0, 0.05) is 6.54 Å². The van der Waals surface area contributed by atoms with Gasteiger partial charge in [-0.05, 0) is 36.6 Å². The highest BCUT2D eigenvalue weighted by Gasteiger charge is 2.11. The third-order valence-corrected chi connectivity index (χ3v) is 3.85. The number of aryl methyl sites for hydroxylation is 1. The second kappa shape index (κ2) is 6.52. The van der Waals surface area contributed by atoms with Crippen LogP contribution in [0.15, 0.2) is 57.7 Å². The molecule has 0 aliphatic carbocycles. The number of hydrogen-bond donors (Lipinski definition) is 1. The molecule has 23 heavy (non-hydrogen) atoms. The van der Waals surface area contributed by atoms with Crippen LogP contribution in [0.4, 0.5) is 0 Å². The number of para-hydroxylation sites is 2. The maximum Gasteiger partial charge on any atom is 0.420 e. The Morgan fingerprint density at radius 2 is 1.87 bits per heavy atom. The van der Waals surface area contributed by atoms with Crippen LogP contribution < -0.4 is 11.1 Å². The van der Waals surface area contributed by atoms with Crippen molar-refractivity contribution in [1.82, 2.24) is 9.88 Å². The molecule has 0 unspecified atom stereocenters. The summed E-state index contributed by atoms with van der Waals surface area (Å²) in [6.07, 6.45) is 0.763. The summed E-state index contributed by atoms with van der Waals surface area (Å²) in [7, 11) is 0. The smallest absolute Gasteiger partial charge is 0.408 e. The van der Waals surface area contributed by atoms with Gasteiger partial charge >= 0.3 is 5.76 Å². The highest BCUT2D eigenvalue weighted by atomic mass is 16.4. The fraction of sp³-hybridized carbons (Fsp3) is 0.222. The van der Waals surface area contributed by atoms with E-state index in [2.05, 4.69) is 11.4 Å². The molecule has 1 aromatic heterocycles. The van der Waals surface area contributed by atoms with Gasteiger partial charge in [0.1, 0.15) is 6.54 Å². The molecule has 0 radical (unpaired) electrons. The lowest BCUT2D eigenvalue weighted by molar-refractivity contribution is -0.121. The molecule has 3 rings (SSSR count). The quantitative estimate of drug-likeness (QED) is 0.786. The number of oxazole rings is 1. The molecule has 5 heteroatoms. The molecule has 0 fully saturated rings. The predicted octanol–water partition coefficient (Wildman–Crippen LogP) is 2.26. The third kappa shape index (κ3) is 3.34. The van der Waals surface area contributed by atoms with Crippen LogP contribution >= 0.6 is 0 Å². The van der Waals surface area contributed by atoms with Gasteiger partial charge in [-0.15, -0.1) is 0 Å². The molecule has 2 aromatic carbocycles. The van der Waals surface area contributed by atoms with Crippen LogP contribution in [0.5, 0.6) is 0 Å². The standard InChI is InChI=1S/C18H18N2O3/c1-13-6-2-3-7-14(13)10-11-19-17(21)12-20-15-8-4-5-9-16(15)23-18(20)22/h2-9H,10-12H2,1H3,(H,19,21). The Morgan fingerprint density at radius 1 is 1.13 bits per heavy atom. The summed E-state index contributed by atoms with van der Waals surface area (Å²) < 4.78 is 6.46. The van der Waals surface area contributed by atoms with Crippen molar-refractivity contribution in [3.05, 3.63) is 70.2 Å². The molecule has 1 amide bonds. The summed E-state index contributed by atoms with van der Waals surface area (Å²) in [4.78, 5) is 23.9. The van der Waals surface area contributed by atoms with Crippen LogP contribution in [0.3, 0.4) is 0 Å². The average Bonchev–Trinajstić information content (AvgIpc) is 2.85. The van der Waals surface area contributed by atoms with Crippen molar-refractivity contribution in [3.63, 3.8) is 0 Å². The van der Waals surface area contributed by atoms with E-state index in [0.29, 0.717) is 17.6 Å². The summed E-state index contributed by atoms with van der Waals surface area (Å²) in [6.45, 7) is 2.55. The first-order valence-electron chi connectivity index (χ1n) is 7.55. The van der Waals surface area contributed by atoms with Gasteiger partial charge in [0.2, 0.25) is 5.91 Å². The SMILES string of the molecule is Cc1ccccc1CCNC(=O)Cn1c(=O)oc2ccccc21. The molecule has 0 saturated heterocycles. The number of carbonyl (C=O) groups is 1. The number of carbonyl (C=O) groups excluding carboxylic acids is 1. The van der Waals surface area contributed by atoms with E-state index in [0.717, 1.165) is 6.42 Å². The van der Waals surface area contributed by atoms with Crippen LogP contribution in [0, 0.1) is 6.92 Å². The summed E-state index contributed by atoms with van der Waals surface area (Å²) in [5.41, 5.74) is 3.54. The number of amides is 1. The molecular formula is C18H18N2O3. The molecule has 1 N–H and O–H groups in total. The monoisotopic (exact) mass is 310 g/mol. The van der Waals surface area contributed by atoms with Crippen LogP contribution in [0.2, 0.25) is 0 Å². The molecular weight excluding hydrogens is 292 g/mol. The van der Waals surface area contributed by atoms with E-state index in [1.165, 1.54) is 15.7 Å². The van der Waals surface area contributed by atoms with Gasteiger partial charge in [0.05, 0.1) is 5.52 Å². The second-order valence-corrected chi connectivity index (χ2v) is 5.45. The van der Waals surface area contributed by atoms with Crippen molar-refractivity contribution in [2.75, 3.05) is 6.54 Å². The maximum atomic E-state index is 12.1. The van der Waals surface area contributed by atoms with Gasteiger partial charge in [-0.2, -0.15) is 0 Å².